The predicted molar refractivity (Wildman–Crippen MR) is 94.7 cm³/mol. The number of aromatic nitrogens is 1. The van der Waals surface area contributed by atoms with Gasteiger partial charge in [0, 0.05) is 32.0 Å². The molecule has 3 rings (SSSR count). The van der Waals surface area contributed by atoms with Gasteiger partial charge >= 0.3 is 6.03 Å². The number of nitrogens with one attached hydrogen (secondary N) is 1. The van der Waals surface area contributed by atoms with E-state index >= 15 is 0 Å². The van der Waals surface area contributed by atoms with Crippen LogP contribution in [0.15, 0.2) is 48.8 Å². The second kappa shape index (κ2) is 8.07. The lowest BCUT2D eigenvalue weighted by Crippen LogP contribution is -2.43. The lowest BCUT2D eigenvalue weighted by molar-refractivity contribution is 0.197. The summed E-state index contributed by atoms with van der Waals surface area (Å²) in [6.07, 6.45) is 4.35. The summed E-state index contributed by atoms with van der Waals surface area (Å²) in [5.41, 5.74) is 1.76. The third kappa shape index (κ3) is 4.54. The molecule has 2 aromatic rings. The van der Waals surface area contributed by atoms with Gasteiger partial charge in [-0.1, -0.05) is 12.1 Å². The van der Waals surface area contributed by atoms with Crippen molar-refractivity contribution in [3.05, 3.63) is 65.7 Å². The highest BCUT2D eigenvalue weighted by molar-refractivity contribution is 5.75. The molecule has 1 fully saturated rings. The molecule has 1 aromatic heterocycles. The summed E-state index contributed by atoms with van der Waals surface area (Å²) < 4.78 is 13.3. The lowest BCUT2D eigenvalue weighted by atomic mass is 10.00. The molecule has 1 N–H and O–H groups in total. The summed E-state index contributed by atoms with van der Waals surface area (Å²) in [6, 6.07) is 9.54. The molecule has 6 heteroatoms. The van der Waals surface area contributed by atoms with Gasteiger partial charge < -0.3 is 15.1 Å². The Bertz CT molecular complexity index is 692. The fourth-order valence-electron chi connectivity index (χ4n) is 3.03. The van der Waals surface area contributed by atoms with E-state index in [4.69, 9.17) is 0 Å². The Hall–Kier alpha value is -2.47. The van der Waals surface area contributed by atoms with Crippen molar-refractivity contribution in [2.45, 2.75) is 12.5 Å². The van der Waals surface area contributed by atoms with Crippen LogP contribution < -0.4 is 5.32 Å². The monoisotopic (exact) mass is 342 g/mol. The van der Waals surface area contributed by atoms with E-state index in [2.05, 4.69) is 22.2 Å². The molecular formula is C19H23FN4O. The van der Waals surface area contributed by atoms with Crippen molar-refractivity contribution in [3.63, 3.8) is 0 Å². The van der Waals surface area contributed by atoms with Crippen molar-refractivity contribution in [2.75, 3.05) is 33.2 Å². The molecule has 25 heavy (non-hydrogen) atoms. The third-order valence-electron chi connectivity index (χ3n) is 4.52. The zero-order valence-electron chi connectivity index (χ0n) is 14.4. The SMILES string of the molecule is CN1CCCN(C(=O)N[C@H](c2ccncc2)c2ccc(F)cc2)CC1. The molecule has 0 saturated carbocycles. The molecule has 0 aliphatic carbocycles. The fourth-order valence-corrected chi connectivity index (χ4v) is 3.03. The zero-order chi connectivity index (χ0) is 17.6. The third-order valence-corrected chi connectivity index (χ3v) is 4.52. The molecule has 2 heterocycles. The summed E-state index contributed by atoms with van der Waals surface area (Å²) in [4.78, 5) is 20.9. The standard InChI is InChI=1S/C19H23FN4O/c1-23-11-2-12-24(14-13-23)19(25)22-18(16-7-9-21-10-8-16)15-3-5-17(20)6-4-15/h3-10,18H,2,11-14H2,1H3,(H,22,25)/t18-/m0/s1. The van der Waals surface area contributed by atoms with E-state index in [1.165, 1.54) is 12.1 Å². The van der Waals surface area contributed by atoms with Gasteiger partial charge in [-0.05, 0) is 55.4 Å². The van der Waals surface area contributed by atoms with Crippen LogP contribution >= 0.6 is 0 Å². The van der Waals surface area contributed by atoms with Crippen molar-refractivity contribution in [1.29, 1.82) is 0 Å². The topological polar surface area (TPSA) is 48.5 Å². The normalized spacial score (nSPS) is 17.0. The van der Waals surface area contributed by atoms with Gasteiger partial charge in [0.05, 0.1) is 6.04 Å². The highest BCUT2D eigenvalue weighted by Gasteiger charge is 2.22. The fraction of sp³-hybridized carbons (Fsp3) is 0.368. The molecule has 1 aromatic carbocycles. The maximum absolute atomic E-state index is 13.3. The van der Waals surface area contributed by atoms with E-state index in [-0.39, 0.29) is 17.9 Å². The van der Waals surface area contributed by atoms with Gasteiger partial charge in [-0.25, -0.2) is 9.18 Å². The maximum atomic E-state index is 13.3. The van der Waals surface area contributed by atoms with E-state index in [1.807, 2.05) is 17.0 Å². The van der Waals surface area contributed by atoms with Gasteiger partial charge in [0.1, 0.15) is 5.82 Å². The largest absolute Gasteiger partial charge is 0.327 e. The first-order valence-electron chi connectivity index (χ1n) is 8.53. The van der Waals surface area contributed by atoms with Crippen molar-refractivity contribution < 1.29 is 9.18 Å². The Morgan fingerprint density at radius 2 is 1.72 bits per heavy atom. The van der Waals surface area contributed by atoms with Crippen LogP contribution in [0.1, 0.15) is 23.6 Å². The smallest absolute Gasteiger partial charge is 0.318 e. The molecule has 1 aliphatic heterocycles. The average molecular weight is 342 g/mol. The van der Waals surface area contributed by atoms with E-state index in [0.717, 1.165) is 37.2 Å². The van der Waals surface area contributed by atoms with E-state index in [9.17, 15) is 9.18 Å². The van der Waals surface area contributed by atoms with Gasteiger partial charge in [0.2, 0.25) is 0 Å². The number of halogens is 1. The zero-order valence-corrected chi connectivity index (χ0v) is 14.4. The molecule has 2 amide bonds. The summed E-state index contributed by atoms with van der Waals surface area (Å²) in [6.45, 7) is 3.30. The van der Waals surface area contributed by atoms with Gasteiger partial charge in [0.15, 0.2) is 0 Å². The number of urea groups is 1. The van der Waals surface area contributed by atoms with Crippen LogP contribution in [0.5, 0.6) is 0 Å². The Balaban J connectivity index is 1.80. The molecule has 1 aliphatic rings. The second-order valence-electron chi connectivity index (χ2n) is 6.36. The van der Waals surface area contributed by atoms with E-state index in [1.54, 1.807) is 24.5 Å². The van der Waals surface area contributed by atoms with Crippen LogP contribution in [0, 0.1) is 5.82 Å². The number of pyridine rings is 1. The van der Waals surface area contributed by atoms with Crippen molar-refractivity contribution >= 4 is 6.03 Å². The van der Waals surface area contributed by atoms with Crippen molar-refractivity contribution in [3.8, 4) is 0 Å². The van der Waals surface area contributed by atoms with Crippen molar-refractivity contribution in [2.24, 2.45) is 0 Å². The summed E-state index contributed by atoms with van der Waals surface area (Å²) in [7, 11) is 2.07. The van der Waals surface area contributed by atoms with Crippen LogP contribution in [-0.4, -0.2) is 54.0 Å². The molecule has 0 radical (unpaired) electrons. The van der Waals surface area contributed by atoms with Crippen molar-refractivity contribution in [1.82, 2.24) is 20.1 Å². The van der Waals surface area contributed by atoms with Crippen LogP contribution in [-0.2, 0) is 0 Å². The Morgan fingerprint density at radius 3 is 2.44 bits per heavy atom. The number of amides is 2. The minimum absolute atomic E-state index is 0.0959. The van der Waals surface area contributed by atoms with Gasteiger partial charge in [-0.3, -0.25) is 4.98 Å². The first-order valence-corrected chi connectivity index (χ1v) is 8.53. The number of carbonyl (C=O) groups excluding carboxylic acids is 1. The summed E-state index contributed by atoms with van der Waals surface area (Å²) >= 11 is 0. The first kappa shape index (κ1) is 17.4. The Labute approximate surface area is 147 Å². The minimum atomic E-state index is -0.336. The van der Waals surface area contributed by atoms with Crippen LogP contribution in [0.2, 0.25) is 0 Å². The molecule has 1 atom stereocenters. The predicted octanol–water partition coefficient (Wildman–Crippen LogP) is 2.66. The molecule has 0 bridgehead atoms. The van der Waals surface area contributed by atoms with Crippen LogP contribution in [0.4, 0.5) is 9.18 Å². The number of hydrogen-bond acceptors (Lipinski definition) is 3. The minimum Gasteiger partial charge on any atom is -0.327 e. The Morgan fingerprint density at radius 1 is 1.04 bits per heavy atom. The highest BCUT2D eigenvalue weighted by atomic mass is 19.1. The molecule has 5 nitrogen and oxygen atoms in total. The number of benzene rings is 1. The van der Waals surface area contributed by atoms with Gasteiger partial charge in [0.25, 0.3) is 0 Å². The van der Waals surface area contributed by atoms with E-state index < -0.39 is 0 Å². The molecule has 0 unspecified atom stereocenters. The average Bonchev–Trinajstić information content (AvgIpc) is 2.86. The number of likely N-dealkylation sites (N-methyl/N-ethyl adjacent to an activating group) is 1. The maximum Gasteiger partial charge on any atom is 0.318 e. The lowest BCUT2D eigenvalue weighted by Gasteiger charge is -2.26. The van der Waals surface area contributed by atoms with Gasteiger partial charge in [-0.15, -0.1) is 0 Å². The summed E-state index contributed by atoms with van der Waals surface area (Å²) in [5.74, 6) is -0.292. The van der Waals surface area contributed by atoms with E-state index in [0.29, 0.717) is 6.54 Å². The van der Waals surface area contributed by atoms with Gasteiger partial charge in [-0.2, -0.15) is 0 Å². The number of nitrogens with zero attached hydrogens (tertiary/aromatic N) is 3. The highest BCUT2D eigenvalue weighted by Crippen LogP contribution is 2.22. The molecule has 1 saturated heterocycles. The first-order chi connectivity index (χ1) is 12.1. The van der Waals surface area contributed by atoms with Crippen LogP contribution in [0.3, 0.4) is 0 Å². The van der Waals surface area contributed by atoms with Crippen LogP contribution in [0.25, 0.3) is 0 Å². The number of hydrogen-bond donors (Lipinski definition) is 1. The Kier molecular flexibility index (Phi) is 5.60. The number of carbonyl (C=O) groups is 1. The quantitative estimate of drug-likeness (QED) is 0.933. The molecule has 0 spiro atoms. The molecule has 132 valence electrons. The summed E-state index contributed by atoms with van der Waals surface area (Å²) in [5, 5.41) is 3.10. The number of rotatable bonds is 3. The second-order valence-corrected chi connectivity index (χ2v) is 6.36. The molecular weight excluding hydrogens is 319 g/mol.